The van der Waals surface area contributed by atoms with Gasteiger partial charge in [-0.1, -0.05) is 32.9 Å². The molecule has 0 aromatic heterocycles. The summed E-state index contributed by atoms with van der Waals surface area (Å²) in [7, 11) is -5.40. The Balaban J connectivity index is 2.76. The van der Waals surface area contributed by atoms with E-state index in [1.165, 1.54) is 12.1 Å². The smallest absolute Gasteiger partial charge is 0.238 e. The van der Waals surface area contributed by atoms with E-state index >= 15 is 0 Å². The first-order valence-corrected chi connectivity index (χ1v) is 10.6. The zero-order valence-corrected chi connectivity index (χ0v) is 14.0. The molecule has 108 valence electrons. The van der Waals surface area contributed by atoms with Gasteiger partial charge in [0.15, 0.2) is 8.32 Å². The Morgan fingerprint density at radius 3 is 2.00 bits per heavy atom. The number of benzene rings is 1. The quantitative estimate of drug-likeness (QED) is 0.869. The van der Waals surface area contributed by atoms with Crippen LogP contribution in [0.4, 0.5) is 0 Å². The molecule has 0 fully saturated rings. The van der Waals surface area contributed by atoms with Gasteiger partial charge in [0.2, 0.25) is 10.0 Å². The van der Waals surface area contributed by atoms with Crippen LogP contribution in [0.25, 0.3) is 0 Å². The molecule has 0 aliphatic heterocycles. The predicted molar refractivity (Wildman–Crippen MR) is 79.8 cm³/mol. The first-order valence-electron chi connectivity index (χ1n) is 6.19. The topological polar surface area (TPSA) is 69.4 Å². The van der Waals surface area contributed by atoms with Crippen molar-refractivity contribution in [3.05, 3.63) is 29.8 Å². The highest BCUT2D eigenvalue weighted by molar-refractivity contribution is 7.89. The zero-order valence-electron chi connectivity index (χ0n) is 12.2. The Morgan fingerprint density at radius 2 is 1.63 bits per heavy atom. The summed E-state index contributed by atoms with van der Waals surface area (Å²) >= 11 is 0. The molecule has 0 atom stereocenters. The standard InChI is InChI=1S/C13H23NO3SSi/c1-13(2,3)19(4,5)17-10-11-6-8-12(9-7-11)18(14,15)16/h6-9H,10H2,1-5H3,(H2,14,15,16). The minimum Gasteiger partial charge on any atom is -0.413 e. The van der Waals surface area contributed by atoms with Gasteiger partial charge in [0.25, 0.3) is 0 Å². The number of primary sulfonamides is 1. The molecule has 1 rings (SSSR count). The van der Waals surface area contributed by atoms with Crippen molar-refractivity contribution in [1.29, 1.82) is 0 Å². The second-order valence-electron chi connectivity index (χ2n) is 6.24. The maximum atomic E-state index is 11.1. The molecule has 19 heavy (non-hydrogen) atoms. The molecule has 0 saturated heterocycles. The molecule has 1 aromatic carbocycles. The van der Waals surface area contributed by atoms with Crippen molar-refractivity contribution < 1.29 is 12.8 Å². The summed E-state index contributed by atoms with van der Waals surface area (Å²) in [5.74, 6) is 0. The molecule has 4 nitrogen and oxygen atoms in total. The van der Waals surface area contributed by atoms with E-state index in [0.29, 0.717) is 6.61 Å². The molecular weight excluding hydrogens is 278 g/mol. The zero-order chi connectivity index (χ0) is 14.9. The molecule has 0 amide bonds. The van der Waals surface area contributed by atoms with Gasteiger partial charge in [0.05, 0.1) is 11.5 Å². The fraction of sp³-hybridized carbons (Fsp3) is 0.538. The Bertz CT molecular complexity index is 530. The largest absolute Gasteiger partial charge is 0.413 e. The lowest BCUT2D eigenvalue weighted by molar-refractivity contribution is 0.276. The highest BCUT2D eigenvalue weighted by Gasteiger charge is 2.36. The van der Waals surface area contributed by atoms with Crippen LogP contribution in [-0.4, -0.2) is 16.7 Å². The fourth-order valence-corrected chi connectivity index (χ4v) is 2.73. The number of hydrogen-bond acceptors (Lipinski definition) is 3. The van der Waals surface area contributed by atoms with Gasteiger partial charge in [0, 0.05) is 0 Å². The van der Waals surface area contributed by atoms with E-state index < -0.39 is 18.3 Å². The van der Waals surface area contributed by atoms with E-state index in [-0.39, 0.29) is 9.93 Å². The molecule has 0 bridgehead atoms. The Morgan fingerprint density at radius 1 is 1.16 bits per heavy atom. The van der Waals surface area contributed by atoms with Crippen LogP contribution in [0, 0.1) is 0 Å². The lowest BCUT2D eigenvalue weighted by atomic mass is 10.2. The second-order valence-corrected chi connectivity index (χ2v) is 12.6. The molecule has 0 saturated carbocycles. The lowest BCUT2D eigenvalue weighted by Gasteiger charge is -2.36. The van der Waals surface area contributed by atoms with Gasteiger partial charge in [0.1, 0.15) is 0 Å². The summed E-state index contributed by atoms with van der Waals surface area (Å²) in [6.07, 6.45) is 0. The summed E-state index contributed by atoms with van der Waals surface area (Å²) in [6.45, 7) is 11.4. The summed E-state index contributed by atoms with van der Waals surface area (Å²) in [5.41, 5.74) is 0.956. The second kappa shape index (κ2) is 5.36. The van der Waals surface area contributed by atoms with E-state index in [9.17, 15) is 8.42 Å². The third-order valence-electron chi connectivity index (χ3n) is 3.66. The van der Waals surface area contributed by atoms with Crippen molar-refractivity contribution >= 4 is 18.3 Å². The van der Waals surface area contributed by atoms with E-state index in [0.717, 1.165) is 5.56 Å². The highest BCUT2D eigenvalue weighted by atomic mass is 32.2. The highest BCUT2D eigenvalue weighted by Crippen LogP contribution is 2.37. The maximum Gasteiger partial charge on any atom is 0.238 e. The predicted octanol–water partition coefficient (Wildman–Crippen LogP) is 2.86. The van der Waals surface area contributed by atoms with Crippen LogP contribution >= 0.6 is 0 Å². The number of hydrogen-bond donors (Lipinski definition) is 1. The molecule has 0 unspecified atom stereocenters. The number of sulfonamides is 1. The van der Waals surface area contributed by atoms with Gasteiger partial charge >= 0.3 is 0 Å². The van der Waals surface area contributed by atoms with Crippen LogP contribution in [0.1, 0.15) is 26.3 Å². The summed E-state index contributed by atoms with van der Waals surface area (Å²) in [5, 5.41) is 5.22. The van der Waals surface area contributed by atoms with Crippen LogP contribution in [0.15, 0.2) is 29.2 Å². The first-order chi connectivity index (χ1) is 8.43. The molecule has 0 aliphatic rings. The van der Waals surface area contributed by atoms with Crippen LogP contribution in [0.5, 0.6) is 0 Å². The van der Waals surface area contributed by atoms with Crippen LogP contribution in [-0.2, 0) is 21.1 Å². The van der Waals surface area contributed by atoms with Gasteiger partial charge in [-0.15, -0.1) is 0 Å². The maximum absolute atomic E-state index is 11.1. The molecule has 0 radical (unpaired) electrons. The van der Waals surface area contributed by atoms with Gasteiger partial charge < -0.3 is 4.43 Å². The minimum atomic E-state index is -3.62. The third kappa shape index (κ3) is 4.41. The molecule has 0 heterocycles. The van der Waals surface area contributed by atoms with E-state index in [4.69, 9.17) is 9.56 Å². The van der Waals surface area contributed by atoms with Crippen molar-refractivity contribution in [2.24, 2.45) is 5.14 Å². The monoisotopic (exact) mass is 301 g/mol. The first kappa shape index (κ1) is 16.4. The average Bonchev–Trinajstić information content (AvgIpc) is 2.24. The minimum absolute atomic E-state index is 0.128. The molecule has 0 spiro atoms. The summed E-state index contributed by atoms with van der Waals surface area (Å²) in [4.78, 5) is 0.128. The van der Waals surface area contributed by atoms with Crippen LogP contribution in [0.2, 0.25) is 18.1 Å². The normalized spacial score (nSPS) is 13.6. The van der Waals surface area contributed by atoms with Gasteiger partial charge in [-0.2, -0.15) is 0 Å². The lowest BCUT2D eigenvalue weighted by Crippen LogP contribution is -2.40. The number of rotatable bonds is 4. The van der Waals surface area contributed by atoms with E-state index in [1.807, 2.05) is 0 Å². The Labute approximate surface area is 117 Å². The van der Waals surface area contributed by atoms with Crippen molar-refractivity contribution in [2.75, 3.05) is 0 Å². The van der Waals surface area contributed by atoms with Gasteiger partial charge in [-0.05, 0) is 35.8 Å². The Kier molecular flexibility index (Phi) is 4.61. The van der Waals surface area contributed by atoms with Crippen molar-refractivity contribution in [3.8, 4) is 0 Å². The van der Waals surface area contributed by atoms with Crippen LogP contribution < -0.4 is 5.14 Å². The molecule has 1 aromatic rings. The fourth-order valence-electron chi connectivity index (χ4n) is 1.26. The summed E-state index contributed by atoms with van der Waals surface area (Å²) < 4.78 is 28.4. The molecular formula is C13H23NO3SSi. The Hall–Kier alpha value is -0.693. The van der Waals surface area contributed by atoms with E-state index in [1.54, 1.807) is 12.1 Å². The summed E-state index contributed by atoms with van der Waals surface area (Å²) in [6, 6.07) is 6.51. The average molecular weight is 301 g/mol. The molecule has 2 N–H and O–H groups in total. The van der Waals surface area contributed by atoms with Gasteiger partial charge in [-0.3, -0.25) is 0 Å². The van der Waals surface area contributed by atoms with Crippen molar-refractivity contribution in [3.63, 3.8) is 0 Å². The molecule has 0 aliphatic carbocycles. The van der Waals surface area contributed by atoms with Gasteiger partial charge in [-0.25, -0.2) is 13.6 Å². The molecule has 6 heteroatoms. The van der Waals surface area contributed by atoms with Crippen molar-refractivity contribution in [1.82, 2.24) is 0 Å². The van der Waals surface area contributed by atoms with E-state index in [2.05, 4.69) is 33.9 Å². The third-order valence-corrected chi connectivity index (χ3v) is 9.07. The van der Waals surface area contributed by atoms with Crippen LogP contribution in [0.3, 0.4) is 0 Å². The number of nitrogens with two attached hydrogens (primary N) is 1. The SMILES string of the molecule is CC(C)(C)[Si](C)(C)OCc1ccc(S(N)(=O)=O)cc1. The van der Waals surface area contributed by atoms with Crippen molar-refractivity contribution in [2.45, 2.75) is 50.4 Å².